The number of amides is 3. The smallest absolute Gasteiger partial charge is 0.252 e. The Hall–Kier alpha value is -4.84. The molecular weight excluding hydrogens is 693 g/mol. The normalized spacial score (nSPS) is 10.5. The molecule has 0 atom stereocenters. The molecule has 234 valence electrons. The number of primary amides is 3. The third-order valence-corrected chi connectivity index (χ3v) is 8.10. The van der Waals surface area contributed by atoms with Crippen LogP contribution in [0, 0.1) is 13.8 Å². The van der Waals surface area contributed by atoms with Gasteiger partial charge in [-0.1, -0.05) is 69.5 Å². The van der Waals surface area contributed by atoms with Gasteiger partial charge in [-0.15, -0.1) is 0 Å². The average molecular weight is 721 g/mol. The monoisotopic (exact) mass is 719 g/mol. The molecule has 0 aliphatic rings. The van der Waals surface area contributed by atoms with E-state index in [1.165, 1.54) is 18.6 Å². The van der Waals surface area contributed by atoms with Crippen molar-refractivity contribution in [2.45, 2.75) is 13.8 Å². The fraction of sp³-hybridized carbons (Fsp3) is 0.0909. The highest BCUT2D eigenvalue weighted by Gasteiger charge is 2.13. The predicted octanol–water partition coefficient (Wildman–Crippen LogP) is 6.73. The van der Waals surface area contributed by atoms with Gasteiger partial charge in [-0.25, -0.2) is 0 Å². The number of pyridine rings is 3. The zero-order valence-electron chi connectivity index (χ0n) is 24.9. The van der Waals surface area contributed by atoms with Crippen LogP contribution in [0.1, 0.15) is 42.2 Å². The molecule has 3 aromatic heterocycles. The van der Waals surface area contributed by atoms with Gasteiger partial charge in [0.15, 0.2) is 0 Å². The first-order chi connectivity index (χ1) is 21.8. The summed E-state index contributed by atoms with van der Waals surface area (Å²) in [5, 5.41) is 6.09. The van der Waals surface area contributed by atoms with Crippen LogP contribution < -0.4 is 22.5 Å². The molecule has 0 fully saturated rings. The summed E-state index contributed by atoms with van der Waals surface area (Å²) >= 11 is 15.4. The second-order valence-electron chi connectivity index (χ2n) is 10.1. The quantitative estimate of drug-likeness (QED) is 0.156. The lowest BCUT2D eigenvalue weighted by Gasteiger charge is -2.09. The average Bonchev–Trinajstić information content (AvgIpc) is 3.00. The minimum atomic E-state index is -0.572. The van der Waals surface area contributed by atoms with Gasteiger partial charge in [0.2, 0.25) is 0 Å². The van der Waals surface area contributed by atoms with Crippen LogP contribution >= 0.6 is 39.1 Å². The van der Waals surface area contributed by atoms with Crippen molar-refractivity contribution in [2.24, 2.45) is 17.2 Å². The molecule has 46 heavy (non-hydrogen) atoms. The van der Waals surface area contributed by atoms with Crippen molar-refractivity contribution in [3.8, 4) is 0 Å². The summed E-state index contributed by atoms with van der Waals surface area (Å²) in [5.41, 5.74) is 21.9. The summed E-state index contributed by atoms with van der Waals surface area (Å²) in [4.78, 5) is 45.8. The number of hydrogen-bond acceptors (Lipinski definition) is 7. The Morgan fingerprint density at radius 1 is 0.630 bits per heavy atom. The van der Waals surface area contributed by atoms with Gasteiger partial charge in [-0.05, 0) is 49.2 Å². The highest BCUT2D eigenvalue weighted by atomic mass is 79.9. The van der Waals surface area contributed by atoms with E-state index >= 15 is 0 Å². The molecule has 13 heteroatoms. The molecule has 0 saturated carbocycles. The number of hydrogen-bond donors (Lipinski definition) is 4. The Balaban J connectivity index is 0.000000157. The number of nitrogens with zero attached hydrogens (tertiary/aromatic N) is 3. The molecule has 0 aliphatic carbocycles. The van der Waals surface area contributed by atoms with Gasteiger partial charge >= 0.3 is 0 Å². The molecular formula is C33H28BrCl2N7O3. The van der Waals surface area contributed by atoms with E-state index in [1.54, 1.807) is 13.1 Å². The molecule has 0 aliphatic heterocycles. The molecule has 6 rings (SSSR count). The highest BCUT2D eigenvalue weighted by Crippen LogP contribution is 2.28. The summed E-state index contributed by atoms with van der Waals surface area (Å²) in [5.74, 6) is -1.60. The minimum absolute atomic E-state index is 0.242. The number of fused-ring (bicyclic) bond motifs is 3. The molecule has 0 saturated heterocycles. The molecule has 0 bridgehead atoms. The molecule has 0 radical (unpaired) electrons. The first-order valence-corrected chi connectivity index (χ1v) is 15.1. The van der Waals surface area contributed by atoms with Gasteiger partial charge in [-0.3, -0.25) is 29.3 Å². The summed E-state index contributed by atoms with van der Waals surface area (Å²) in [6, 6.07) is 17.0. The van der Waals surface area contributed by atoms with E-state index in [0.717, 1.165) is 54.0 Å². The van der Waals surface area contributed by atoms with E-state index in [4.69, 9.17) is 40.4 Å². The van der Waals surface area contributed by atoms with E-state index in [2.05, 4.69) is 36.2 Å². The van der Waals surface area contributed by atoms with Crippen molar-refractivity contribution < 1.29 is 14.4 Å². The molecule has 0 unspecified atom stereocenters. The van der Waals surface area contributed by atoms with Crippen molar-refractivity contribution in [1.29, 1.82) is 0 Å². The summed E-state index contributed by atoms with van der Waals surface area (Å²) in [6.07, 6.45) is 4.31. The Labute approximate surface area is 282 Å². The van der Waals surface area contributed by atoms with Crippen molar-refractivity contribution in [3.63, 3.8) is 0 Å². The number of nitrogens with two attached hydrogens (primary N) is 3. The maximum absolute atomic E-state index is 11.2. The number of carbonyl (C=O) groups excluding carboxylic acids is 3. The Morgan fingerprint density at radius 3 is 1.48 bits per heavy atom. The molecule has 3 aromatic carbocycles. The van der Waals surface area contributed by atoms with E-state index in [0.29, 0.717) is 15.6 Å². The number of halogens is 3. The molecule has 10 nitrogen and oxygen atoms in total. The number of benzene rings is 3. The SMILES string of the molecule is CNc1c(C(N)=O)cnc2cc(C)ccc12.Cc1ccc2c(Cl)c(C(N)=O)cnc2c1.NC(=O)c1cnc2cc(Br)ccc2c1Cl. The number of carbonyl (C=O) groups is 3. The lowest BCUT2D eigenvalue weighted by atomic mass is 10.1. The van der Waals surface area contributed by atoms with Crippen molar-refractivity contribution >= 4 is 95.2 Å². The lowest BCUT2D eigenvalue weighted by molar-refractivity contribution is 0.0991. The second kappa shape index (κ2) is 14.5. The third kappa shape index (κ3) is 7.51. The number of anilines is 1. The standard InChI is InChI=1S/C12H13N3O.C11H9ClN2O.C10H6BrClN2O/c1-7-3-4-8-10(5-7)15-6-9(12(13)16)11(8)14-2;1-6-2-3-7-9(4-6)14-5-8(10(7)12)11(13)15;11-5-1-2-6-8(3-5)14-4-7(9(6)12)10(13)15/h3-6H,1-2H3,(H2,13,16)(H,14,15);2-5H,1H3,(H2,13,15);1-4H,(H2,13,15). The largest absolute Gasteiger partial charge is 0.387 e. The zero-order valence-corrected chi connectivity index (χ0v) is 28.0. The van der Waals surface area contributed by atoms with Gasteiger partial charge in [0, 0.05) is 46.3 Å². The molecule has 6 aromatic rings. The van der Waals surface area contributed by atoms with E-state index < -0.39 is 17.7 Å². The summed E-state index contributed by atoms with van der Waals surface area (Å²) in [6.45, 7) is 3.97. The van der Waals surface area contributed by atoms with Gasteiger partial charge in [0.05, 0.1) is 49.0 Å². The van der Waals surface area contributed by atoms with Crippen LogP contribution in [0.15, 0.2) is 77.7 Å². The van der Waals surface area contributed by atoms with Crippen LogP contribution in [-0.2, 0) is 0 Å². The maximum Gasteiger partial charge on any atom is 0.252 e. The van der Waals surface area contributed by atoms with E-state index in [1.807, 2.05) is 62.4 Å². The van der Waals surface area contributed by atoms with E-state index in [9.17, 15) is 14.4 Å². The van der Waals surface area contributed by atoms with Gasteiger partial charge in [0.1, 0.15) is 0 Å². The van der Waals surface area contributed by atoms with Crippen LogP contribution in [0.2, 0.25) is 10.0 Å². The van der Waals surface area contributed by atoms with Crippen LogP contribution in [0.3, 0.4) is 0 Å². The number of nitrogens with one attached hydrogen (secondary N) is 1. The van der Waals surface area contributed by atoms with Gasteiger partial charge in [0.25, 0.3) is 17.7 Å². The Morgan fingerprint density at radius 2 is 1.02 bits per heavy atom. The Bertz CT molecular complexity index is 2060. The van der Waals surface area contributed by atoms with Crippen LogP contribution in [0.4, 0.5) is 5.69 Å². The molecule has 7 N–H and O–H groups in total. The number of rotatable bonds is 4. The number of aromatic nitrogens is 3. The second-order valence-corrected chi connectivity index (χ2v) is 11.7. The van der Waals surface area contributed by atoms with E-state index in [-0.39, 0.29) is 11.1 Å². The van der Waals surface area contributed by atoms with Crippen LogP contribution in [0.25, 0.3) is 32.7 Å². The third-order valence-electron chi connectivity index (χ3n) is 6.80. The predicted molar refractivity (Wildman–Crippen MR) is 188 cm³/mol. The zero-order chi connectivity index (χ0) is 33.7. The molecule has 0 spiro atoms. The van der Waals surface area contributed by atoms with Crippen molar-refractivity contribution in [3.05, 3.63) is 116 Å². The van der Waals surface area contributed by atoms with Crippen molar-refractivity contribution in [2.75, 3.05) is 12.4 Å². The fourth-order valence-electron chi connectivity index (χ4n) is 4.51. The molecule has 3 amide bonds. The van der Waals surface area contributed by atoms with Crippen LogP contribution in [0.5, 0.6) is 0 Å². The highest BCUT2D eigenvalue weighted by molar-refractivity contribution is 9.10. The Kier molecular flexibility index (Phi) is 10.7. The van der Waals surface area contributed by atoms with Crippen molar-refractivity contribution in [1.82, 2.24) is 15.0 Å². The van der Waals surface area contributed by atoms with Gasteiger partial charge < -0.3 is 22.5 Å². The molecule has 3 heterocycles. The number of aryl methyl sites for hydroxylation is 2. The minimum Gasteiger partial charge on any atom is -0.387 e. The topological polar surface area (TPSA) is 180 Å². The first kappa shape index (κ1) is 34.0. The maximum atomic E-state index is 11.2. The summed E-state index contributed by atoms with van der Waals surface area (Å²) < 4.78 is 0.908. The summed E-state index contributed by atoms with van der Waals surface area (Å²) in [7, 11) is 1.76. The first-order valence-electron chi connectivity index (χ1n) is 13.6. The fourth-order valence-corrected chi connectivity index (χ4v) is 5.46. The lowest BCUT2D eigenvalue weighted by Crippen LogP contribution is -2.14. The van der Waals surface area contributed by atoms with Crippen LogP contribution in [-0.4, -0.2) is 39.7 Å². The van der Waals surface area contributed by atoms with Gasteiger partial charge in [-0.2, -0.15) is 0 Å².